The van der Waals surface area contributed by atoms with E-state index in [4.69, 9.17) is 0 Å². The number of nitrogens with zero attached hydrogens (tertiary/aromatic N) is 2. The summed E-state index contributed by atoms with van der Waals surface area (Å²) in [5.74, 6) is 0. The van der Waals surface area contributed by atoms with Gasteiger partial charge in [0.05, 0.1) is 4.92 Å². The van der Waals surface area contributed by atoms with E-state index in [9.17, 15) is 10.1 Å². The van der Waals surface area contributed by atoms with Gasteiger partial charge >= 0.3 is 0 Å². The second kappa shape index (κ2) is 5.57. The molecule has 19 heavy (non-hydrogen) atoms. The molecule has 1 aliphatic carbocycles. The summed E-state index contributed by atoms with van der Waals surface area (Å²) in [5, 5.41) is 14.3. The van der Waals surface area contributed by atoms with Crippen LogP contribution in [0.15, 0.2) is 18.2 Å². The van der Waals surface area contributed by atoms with Crippen molar-refractivity contribution in [1.29, 1.82) is 0 Å². The van der Waals surface area contributed by atoms with Crippen LogP contribution < -0.4 is 5.32 Å². The predicted molar refractivity (Wildman–Crippen MR) is 76.6 cm³/mol. The van der Waals surface area contributed by atoms with Crippen molar-refractivity contribution in [2.75, 3.05) is 18.9 Å². The van der Waals surface area contributed by atoms with Gasteiger partial charge in [0.25, 0.3) is 5.69 Å². The third-order valence-electron chi connectivity index (χ3n) is 3.83. The van der Waals surface area contributed by atoms with Gasteiger partial charge in [0, 0.05) is 24.2 Å². The first kappa shape index (κ1) is 13.8. The number of aryl methyl sites for hydroxylation is 1. The van der Waals surface area contributed by atoms with Crippen LogP contribution in [0.25, 0.3) is 0 Å². The fourth-order valence-corrected chi connectivity index (χ4v) is 2.29. The van der Waals surface area contributed by atoms with Gasteiger partial charge in [0.2, 0.25) is 0 Å². The van der Waals surface area contributed by atoms with Crippen molar-refractivity contribution >= 4 is 11.4 Å². The number of anilines is 1. The van der Waals surface area contributed by atoms with E-state index in [2.05, 4.69) is 24.2 Å². The molecule has 2 rings (SSSR count). The summed E-state index contributed by atoms with van der Waals surface area (Å²) in [6.45, 7) is 4.63. The van der Waals surface area contributed by atoms with Gasteiger partial charge in [0.1, 0.15) is 5.69 Å². The lowest BCUT2D eigenvalue weighted by Crippen LogP contribution is -2.36. The van der Waals surface area contributed by atoms with E-state index in [-0.39, 0.29) is 10.6 Å². The summed E-state index contributed by atoms with van der Waals surface area (Å²) in [4.78, 5) is 13.1. The molecule has 0 amide bonds. The minimum absolute atomic E-state index is 0.184. The molecule has 1 saturated carbocycles. The zero-order valence-electron chi connectivity index (χ0n) is 11.7. The summed E-state index contributed by atoms with van der Waals surface area (Å²) >= 11 is 0. The van der Waals surface area contributed by atoms with Crippen molar-refractivity contribution in [3.8, 4) is 0 Å². The number of rotatable bonds is 6. The van der Waals surface area contributed by atoms with Crippen molar-refractivity contribution in [2.24, 2.45) is 0 Å². The lowest BCUT2D eigenvalue weighted by Gasteiger charge is -2.25. The molecule has 1 atom stereocenters. The first-order valence-corrected chi connectivity index (χ1v) is 6.70. The number of hydrogen-bond acceptors (Lipinski definition) is 4. The summed E-state index contributed by atoms with van der Waals surface area (Å²) < 4.78 is 0. The maximum absolute atomic E-state index is 11.1. The smallest absolute Gasteiger partial charge is 0.295 e. The molecule has 1 unspecified atom stereocenters. The SMILES string of the molecule is Cc1cccc(NCC(C)N(C)C2CC2)c1[N+](=O)[O-]. The predicted octanol–water partition coefficient (Wildman–Crippen LogP) is 2.80. The van der Waals surface area contributed by atoms with Crippen LogP contribution in [0.2, 0.25) is 0 Å². The summed E-state index contributed by atoms with van der Waals surface area (Å²) in [6, 6.07) is 6.45. The van der Waals surface area contributed by atoms with Gasteiger partial charge in [-0.2, -0.15) is 0 Å². The molecular weight excluding hydrogens is 242 g/mol. The fraction of sp³-hybridized carbons (Fsp3) is 0.571. The average molecular weight is 263 g/mol. The van der Waals surface area contributed by atoms with Gasteiger partial charge in [-0.15, -0.1) is 0 Å². The molecule has 0 saturated heterocycles. The van der Waals surface area contributed by atoms with Gasteiger partial charge in [-0.1, -0.05) is 12.1 Å². The van der Waals surface area contributed by atoms with E-state index in [0.29, 0.717) is 23.3 Å². The van der Waals surface area contributed by atoms with Crippen LogP contribution in [0.1, 0.15) is 25.3 Å². The molecule has 0 radical (unpaired) electrons. The second-order valence-electron chi connectivity index (χ2n) is 5.35. The number of nitro benzene ring substituents is 1. The second-order valence-corrected chi connectivity index (χ2v) is 5.35. The van der Waals surface area contributed by atoms with Crippen LogP contribution in [0.3, 0.4) is 0 Å². The van der Waals surface area contributed by atoms with Gasteiger partial charge < -0.3 is 5.32 Å². The van der Waals surface area contributed by atoms with Gasteiger partial charge in [-0.05, 0) is 39.8 Å². The van der Waals surface area contributed by atoms with Crippen molar-refractivity contribution in [2.45, 2.75) is 38.8 Å². The fourth-order valence-electron chi connectivity index (χ4n) is 2.29. The molecule has 0 aromatic heterocycles. The van der Waals surface area contributed by atoms with Gasteiger partial charge in [0.15, 0.2) is 0 Å². The highest BCUT2D eigenvalue weighted by Crippen LogP contribution is 2.29. The first-order chi connectivity index (χ1) is 9.00. The standard InChI is InChI=1S/C14H21N3O2/c1-10-5-4-6-13(14(10)17(18)19)15-9-11(2)16(3)12-7-8-12/h4-6,11-12,15H,7-9H2,1-3H3. The first-order valence-electron chi connectivity index (χ1n) is 6.70. The molecule has 1 aliphatic rings. The molecule has 5 nitrogen and oxygen atoms in total. The maximum atomic E-state index is 11.1. The quantitative estimate of drug-likeness (QED) is 0.633. The van der Waals surface area contributed by atoms with E-state index in [1.54, 1.807) is 19.1 Å². The minimum atomic E-state index is -0.313. The minimum Gasteiger partial charge on any atom is -0.378 e. The molecule has 5 heteroatoms. The molecule has 1 aromatic rings. The Balaban J connectivity index is 2.02. The van der Waals surface area contributed by atoms with E-state index in [1.165, 1.54) is 12.8 Å². The van der Waals surface area contributed by atoms with Crippen LogP contribution in [-0.4, -0.2) is 35.5 Å². The van der Waals surface area contributed by atoms with E-state index in [0.717, 1.165) is 6.54 Å². The van der Waals surface area contributed by atoms with Gasteiger partial charge in [-0.25, -0.2) is 0 Å². The van der Waals surface area contributed by atoms with Gasteiger partial charge in [-0.3, -0.25) is 15.0 Å². The summed E-state index contributed by atoms with van der Waals surface area (Å²) in [6.07, 6.45) is 2.54. The molecule has 1 fully saturated rings. The monoisotopic (exact) mass is 263 g/mol. The molecule has 0 spiro atoms. The highest BCUT2D eigenvalue weighted by molar-refractivity contribution is 5.65. The number of likely N-dealkylation sites (N-methyl/N-ethyl adjacent to an activating group) is 1. The van der Waals surface area contributed by atoms with Crippen LogP contribution in [0, 0.1) is 17.0 Å². The van der Waals surface area contributed by atoms with Crippen molar-refractivity contribution < 1.29 is 4.92 Å². The highest BCUT2D eigenvalue weighted by atomic mass is 16.6. The Labute approximate surface area is 113 Å². The van der Waals surface area contributed by atoms with Crippen molar-refractivity contribution in [3.05, 3.63) is 33.9 Å². The van der Waals surface area contributed by atoms with E-state index in [1.807, 2.05) is 6.07 Å². The van der Waals surface area contributed by atoms with Crippen LogP contribution in [-0.2, 0) is 0 Å². The maximum Gasteiger partial charge on any atom is 0.295 e. The molecule has 1 aromatic carbocycles. The molecule has 1 N–H and O–H groups in total. The Bertz CT molecular complexity index is 472. The van der Waals surface area contributed by atoms with Crippen molar-refractivity contribution in [1.82, 2.24) is 4.90 Å². The van der Waals surface area contributed by atoms with E-state index < -0.39 is 0 Å². The Morgan fingerprint density at radius 3 is 2.79 bits per heavy atom. The number of hydrogen-bond donors (Lipinski definition) is 1. The Morgan fingerprint density at radius 1 is 1.53 bits per heavy atom. The molecular formula is C14H21N3O2. The summed E-state index contributed by atoms with van der Waals surface area (Å²) in [7, 11) is 2.12. The third kappa shape index (κ3) is 3.23. The Kier molecular flexibility index (Phi) is 4.04. The number of nitro groups is 1. The van der Waals surface area contributed by atoms with Crippen molar-refractivity contribution in [3.63, 3.8) is 0 Å². The lowest BCUT2D eigenvalue weighted by molar-refractivity contribution is -0.384. The Morgan fingerprint density at radius 2 is 2.21 bits per heavy atom. The molecule has 0 heterocycles. The topological polar surface area (TPSA) is 58.4 Å². The van der Waals surface area contributed by atoms with Crippen LogP contribution in [0.5, 0.6) is 0 Å². The normalized spacial score (nSPS) is 16.4. The Hall–Kier alpha value is -1.62. The molecule has 104 valence electrons. The number of nitrogens with one attached hydrogen (secondary N) is 1. The zero-order valence-corrected chi connectivity index (χ0v) is 11.7. The largest absolute Gasteiger partial charge is 0.378 e. The van der Waals surface area contributed by atoms with Crippen LogP contribution >= 0.6 is 0 Å². The zero-order chi connectivity index (χ0) is 14.0. The highest BCUT2D eigenvalue weighted by Gasteiger charge is 2.29. The lowest BCUT2D eigenvalue weighted by atomic mass is 10.1. The number of para-hydroxylation sites is 1. The number of benzene rings is 1. The molecule has 0 bridgehead atoms. The van der Waals surface area contributed by atoms with Crippen LogP contribution in [0.4, 0.5) is 11.4 Å². The summed E-state index contributed by atoms with van der Waals surface area (Å²) in [5.41, 5.74) is 1.49. The molecule has 0 aliphatic heterocycles. The van der Waals surface area contributed by atoms with E-state index >= 15 is 0 Å². The third-order valence-corrected chi connectivity index (χ3v) is 3.83. The average Bonchev–Trinajstić information content (AvgIpc) is 3.18.